The van der Waals surface area contributed by atoms with Crippen molar-refractivity contribution in [1.29, 1.82) is 0 Å². The molecule has 0 rings (SSSR count). The Kier molecular flexibility index (Phi) is 5.12. The number of nitrogens with one attached hydrogen (secondary N) is 1. The summed E-state index contributed by atoms with van der Waals surface area (Å²) in [7, 11) is 0. The van der Waals surface area contributed by atoms with Crippen LogP contribution in [0.25, 0.3) is 0 Å². The van der Waals surface area contributed by atoms with Gasteiger partial charge in [-0.05, 0) is 27.7 Å². The quantitative estimate of drug-likeness (QED) is 0.742. The van der Waals surface area contributed by atoms with E-state index in [1.807, 2.05) is 0 Å². The molecule has 6 nitrogen and oxygen atoms in total. The second-order valence-corrected chi connectivity index (χ2v) is 4.75. The fraction of sp³-hybridized carbons (Fsp3) is 0.727. The predicted molar refractivity (Wildman–Crippen MR) is 62.0 cm³/mol. The van der Waals surface area contributed by atoms with Crippen molar-refractivity contribution < 1.29 is 19.1 Å². The Bertz CT molecular complexity index is 320. The van der Waals surface area contributed by atoms with E-state index in [1.54, 1.807) is 20.8 Å². The van der Waals surface area contributed by atoms with Gasteiger partial charge in [0.2, 0.25) is 11.8 Å². The van der Waals surface area contributed by atoms with Crippen molar-refractivity contribution in [1.82, 2.24) is 10.2 Å². The summed E-state index contributed by atoms with van der Waals surface area (Å²) in [6.07, 6.45) is -1.51. The number of carbonyl (C=O) groups is 3. The van der Waals surface area contributed by atoms with Crippen molar-refractivity contribution >= 4 is 17.9 Å². The molecule has 0 aromatic heterocycles. The summed E-state index contributed by atoms with van der Waals surface area (Å²) >= 11 is 0. The van der Waals surface area contributed by atoms with Gasteiger partial charge in [0.05, 0.1) is 0 Å². The van der Waals surface area contributed by atoms with Gasteiger partial charge in [-0.2, -0.15) is 0 Å². The maximum atomic E-state index is 11.8. The predicted octanol–water partition coefficient (Wildman–Crippen LogP) is 1.25. The van der Waals surface area contributed by atoms with Crippen molar-refractivity contribution in [2.45, 2.75) is 53.3 Å². The third-order valence-corrected chi connectivity index (χ3v) is 1.73. The molecule has 0 radical (unpaired) electrons. The second kappa shape index (κ2) is 5.65. The van der Waals surface area contributed by atoms with Crippen LogP contribution in [0.15, 0.2) is 0 Å². The van der Waals surface area contributed by atoms with Crippen LogP contribution in [0.4, 0.5) is 4.79 Å². The van der Waals surface area contributed by atoms with Crippen molar-refractivity contribution in [2.75, 3.05) is 0 Å². The van der Waals surface area contributed by atoms with Crippen LogP contribution in [-0.2, 0) is 14.3 Å². The Morgan fingerprint density at radius 1 is 1.18 bits per heavy atom. The number of amides is 3. The first-order chi connectivity index (χ1) is 7.54. The summed E-state index contributed by atoms with van der Waals surface area (Å²) in [5.74, 6) is -0.812. The molecule has 0 fully saturated rings. The fourth-order valence-corrected chi connectivity index (χ4v) is 1.23. The Labute approximate surface area is 101 Å². The highest BCUT2D eigenvalue weighted by atomic mass is 16.6. The van der Waals surface area contributed by atoms with Gasteiger partial charge in [0.1, 0.15) is 11.8 Å². The van der Waals surface area contributed by atoms with E-state index >= 15 is 0 Å². The third kappa shape index (κ3) is 5.89. The van der Waals surface area contributed by atoms with Gasteiger partial charge >= 0.3 is 6.09 Å². The number of carbonyl (C=O) groups excluding carboxylic acids is 3. The molecule has 0 heterocycles. The molecule has 17 heavy (non-hydrogen) atoms. The Morgan fingerprint density at radius 2 is 1.65 bits per heavy atom. The van der Waals surface area contributed by atoms with Crippen LogP contribution in [0.5, 0.6) is 0 Å². The minimum atomic E-state index is -0.772. The van der Waals surface area contributed by atoms with E-state index in [0.29, 0.717) is 0 Å². The molecule has 0 aliphatic heterocycles. The minimum Gasteiger partial charge on any atom is -0.443 e. The van der Waals surface area contributed by atoms with Gasteiger partial charge < -0.3 is 10.1 Å². The molecule has 1 atom stereocenters. The fourth-order valence-electron chi connectivity index (χ4n) is 1.23. The lowest BCUT2D eigenvalue weighted by molar-refractivity contribution is -0.131. The van der Waals surface area contributed by atoms with E-state index in [2.05, 4.69) is 5.32 Å². The number of nitrogens with zero attached hydrogens (tertiary/aromatic N) is 1. The van der Waals surface area contributed by atoms with Crippen LogP contribution < -0.4 is 5.32 Å². The zero-order valence-corrected chi connectivity index (χ0v) is 11.2. The molecule has 6 heteroatoms. The molecule has 1 unspecified atom stereocenters. The van der Waals surface area contributed by atoms with Gasteiger partial charge in [0.15, 0.2) is 0 Å². The van der Waals surface area contributed by atoms with Crippen LogP contribution in [-0.4, -0.2) is 34.6 Å². The standard InChI is InChI=1S/C11H20N2O4/c1-7(12-8(2)14)13(9(3)15)10(16)17-11(4,5)6/h7H,1-6H3,(H,12,14). The van der Waals surface area contributed by atoms with Gasteiger partial charge in [0, 0.05) is 13.8 Å². The summed E-state index contributed by atoms with van der Waals surface area (Å²) in [5.41, 5.74) is -0.694. The smallest absolute Gasteiger partial charge is 0.418 e. The third-order valence-electron chi connectivity index (χ3n) is 1.73. The molecule has 0 aliphatic carbocycles. The first-order valence-electron chi connectivity index (χ1n) is 5.34. The number of ether oxygens (including phenoxy) is 1. The van der Waals surface area contributed by atoms with E-state index in [-0.39, 0.29) is 5.91 Å². The summed E-state index contributed by atoms with van der Waals surface area (Å²) < 4.78 is 5.08. The maximum Gasteiger partial charge on any atom is 0.418 e. The number of hydrogen-bond acceptors (Lipinski definition) is 4. The Morgan fingerprint density at radius 3 is 1.94 bits per heavy atom. The summed E-state index contributed by atoms with van der Waals surface area (Å²) in [6.45, 7) is 9.18. The number of hydrogen-bond donors (Lipinski definition) is 1. The zero-order valence-electron chi connectivity index (χ0n) is 11.2. The number of rotatable bonds is 2. The highest BCUT2D eigenvalue weighted by Crippen LogP contribution is 2.11. The summed E-state index contributed by atoms with van der Waals surface area (Å²) in [6, 6.07) is 0. The molecule has 0 aliphatic rings. The summed E-state index contributed by atoms with van der Waals surface area (Å²) in [5, 5.41) is 2.46. The van der Waals surface area contributed by atoms with E-state index < -0.39 is 23.8 Å². The second-order valence-electron chi connectivity index (χ2n) is 4.75. The van der Waals surface area contributed by atoms with Crippen molar-refractivity contribution in [2.24, 2.45) is 0 Å². The zero-order chi connectivity index (χ0) is 13.8. The van der Waals surface area contributed by atoms with Gasteiger partial charge in [-0.25, -0.2) is 9.69 Å². The summed E-state index contributed by atoms with van der Waals surface area (Å²) in [4.78, 5) is 34.9. The normalized spacial score (nSPS) is 12.6. The van der Waals surface area contributed by atoms with Gasteiger partial charge in [0.25, 0.3) is 0 Å². The van der Waals surface area contributed by atoms with E-state index in [4.69, 9.17) is 4.74 Å². The van der Waals surface area contributed by atoms with Crippen LogP contribution in [0, 0.1) is 0 Å². The van der Waals surface area contributed by atoms with Crippen LogP contribution in [0.2, 0.25) is 0 Å². The van der Waals surface area contributed by atoms with Gasteiger partial charge in [-0.15, -0.1) is 0 Å². The molecular weight excluding hydrogens is 224 g/mol. The first kappa shape index (κ1) is 15.4. The number of imide groups is 1. The van der Waals surface area contributed by atoms with Gasteiger partial charge in [-0.3, -0.25) is 9.59 Å². The Hall–Kier alpha value is -1.59. The van der Waals surface area contributed by atoms with Crippen molar-refractivity contribution in [3.63, 3.8) is 0 Å². The topological polar surface area (TPSA) is 75.7 Å². The highest BCUT2D eigenvalue weighted by Gasteiger charge is 2.29. The molecule has 98 valence electrons. The SMILES string of the molecule is CC(=O)NC(C)N(C(C)=O)C(=O)OC(C)(C)C. The Balaban J connectivity index is 4.80. The minimum absolute atomic E-state index is 0.327. The average molecular weight is 244 g/mol. The monoisotopic (exact) mass is 244 g/mol. The largest absolute Gasteiger partial charge is 0.443 e. The molecule has 0 saturated heterocycles. The first-order valence-corrected chi connectivity index (χ1v) is 5.34. The van der Waals surface area contributed by atoms with Gasteiger partial charge in [-0.1, -0.05) is 0 Å². The molecule has 1 N–H and O–H groups in total. The van der Waals surface area contributed by atoms with Crippen LogP contribution in [0.3, 0.4) is 0 Å². The molecule has 0 aromatic rings. The van der Waals surface area contributed by atoms with Crippen LogP contribution in [0.1, 0.15) is 41.5 Å². The molecule has 0 spiro atoms. The van der Waals surface area contributed by atoms with Crippen LogP contribution >= 0.6 is 0 Å². The molecule has 0 aromatic carbocycles. The van der Waals surface area contributed by atoms with E-state index in [9.17, 15) is 14.4 Å². The highest BCUT2D eigenvalue weighted by molar-refractivity contribution is 5.91. The van der Waals surface area contributed by atoms with E-state index in [1.165, 1.54) is 20.8 Å². The maximum absolute atomic E-state index is 11.8. The molecular formula is C11H20N2O4. The lowest BCUT2D eigenvalue weighted by atomic mass is 10.2. The molecule has 0 saturated carbocycles. The van der Waals surface area contributed by atoms with Crippen molar-refractivity contribution in [3.05, 3.63) is 0 Å². The molecule has 0 bridgehead atoms. The molecule has 3 amide bonds. The average Bonchev–Trinajstić information content (AvgIpc) is 1.96. The van der Waals surface area contributed by atoms with E-state index in [0.717, 1.165) is 4.90 Å². The lowest BCUT2D eigenvalue weighted by Gasteiger charge is -2.29. The lowest BCUT2D eigenvalue weighted by Crippen LogP contribution is -2.52. The van der Waals surface area contributed by atoms with Crippen molar-refractivity contribution in [3.8, 4) is 0 Å².